The first-order chi connectivity index (χ1) is 17.2. The molecule has 0 spiro atoms. The molecule has 2 fully saturated rings. The zero-order valence-electron chi connectivity index (χ0n) is 19.8. The third kappa shape index (κ3) is 5.37. The number of hydrogen-bond donors (Lipinski definition) is 0. The van der Waals surface area contributed by atoms with E-state index in [4.69, 9.17) is 4.74 Å². The van der Waals surface area contributed by atoms with E-state index in [2.05, 4.69) is 15.1 Å². The van der Waals surface area contributed by atoms with Gasteiger partial charge in [0.25, 0.3) is 11.8 Å². The van der Waals surface area contributed by atoms with E-state index in [0.29, 0.717) is 30.3 Å². The third-order valence-electron chi connectivity index (χ3n) is 7.16. The minimum absolute atomic E-state index is 0.0229. The normalized spacial score (nSPS) is 18.9. The highest BCUT2D eigenvalue weighted by atomic mass is 16.5. The first kappa shape index (κ1) is 23.1. The van der Waals surface area contributed by atoms with Crippen molar-refractivity contribution in [2.45, 2.75) is 38.1 Å². The zero-order chi connectivity index (χ0) is 24.0. The third-order valence-corrected chi connectivity index (χ3v) is 7.16. The summed E-state index contributed by atoms with van der Waals surface area (Å²) < 4.78 is 7.45. The Morgan fingerprint density at radius 3 is 2.43 bits per heavy atom. The fourth-order valence-corrected chi connectivity index (χ4v) is 5.29. The van der Waals surface area contributed by atoms with Crippen LogP contribution < -0.4 is 4.74 Å². The second-order valence-corrected chi connectivity index (χ2v) is 9.30. The SMILES string of the molecule is O=C(COc1ccccc1)N1CCC([C@H]2CCCCN2C(=O)c2cccc(-n3cnnc3)c2)CC1. The number of para-hydroxylation sites is 1. The van der Waals surface area contributed by atoms with Gasteiger partial charge in [-0.05, 0) is 68.4 Å². The van der Waals surface area contributed by atoms with Crippen LogP contribution in [0, 0.1) is 5.92 Å². The highest BCUT2D eigenvalue weighted by Crippen LogP contribution is 2.32. The Balaban J connectivity index is 1.20. The Morgan fingerprint density at radius 2 is 1.66 bits per heavy atom. The molecule has 35 heavy (non-hydrogen) atoms. The second kappa shape index (κ2) is 10.7. The molecule has 2 saturated heterocycles. The van der Waals surface area contributed by atoms with Gasteiger partial charge in [0.15, 0.2) is 6.61 Å². The predicted molar refractivity (Wildman–Crippen MR) is 131 cm³/mol. The van der Waals surface area contributed by atoms with E-state index in [0.717, 1.165) is 44.3 Å². The lowest BCUT2D eigenvalue weighted by atomic mass is 9.83. The maximum atomic E-state index is 13.6. The average molecular weight is 474 g/mol. The molecule has 0 bridgehead atoms. The molecule has 0 unspecified atom stereocenters. The van der Waals surface area contributed by atoms with E-state index < -0.39 is 0 Å². The summed E-state index contributed by atoms with van der Waals surface area (Å²) in [6, 6.07) is 17.3. The van der Waals surface area contributed by atoms with Gasteiger partial charge in [-0.15, -0.1) is 10.2 Å². The quantitative estimate of drug-likeness (QED) is 0.547. The molecular weight excluding hydrogens is 442 g/mol. The molecule has 0 aliphatic carbocycles. The molecule has 2 aliphatic heterocycles. The summed E-state index contributed by atoms with van der Waals surface area (Å²) in [4.78, 5) is 30.2. The molecule has 8 heteroatoms. The summed E-state index contributed by atoms with van der Waals surface area (Å²) in [7, 11) is 0. The molecule has 0 saturated carbocycles. The first-order valence-electron chi connectivity index (χ1n) is 12.4. The molecular formula is C27H31N5O3. The molecule has 0 radical (unpaired) electrons. The number of benzene rings is 2. The largest absolute Gasteiger partial charge is 0.484 e. The van der Waals surface area contributed by atoms with Crippen molar-refractivity contribution in [1.82, 2.24) is 24.6 Å². The van der Waals surface area contributed by atoms with E-state index in [9.17, 15) is 9.59 Å². The van der Waals surface area contributed by atoms with Crippen molar-refractivity contribution in [3.63, 3.8) is 0 Å². The number of likely N-dealkylation sites (tertiary alicyclic amines) is 2. The molecule has 5 rings (SSSR count). The number of carbonyl (C=O) groups excluding carboxylic acids is 2. The molecule has 1 atom stereocenters. The lowest BCUT2D eigenvalue weighted by Crippen LogP contribution is -2.51. The highest BCUT2D eigenvalue weighted by Gasteiger charge is 2.36. The van der Waals surface area contributed by atoms with Crippen LogP contribution in [0.5, 0.6) is 5.75 Å². The Hall–Kier alpha value is -3.68. The van der Waals surface area contributed by atoms with Gasteiger partial charge in [0.05, 0.1) is 0 Å². The molecule has 0 N–H and O–H groups in total. The van der Waals surface area contributed by atoms with Gasteiger partial charge in [-0.3, -0.25) is 14.2 Å². The fourth-order valence-electron chi connectivity index (χ4n) is 5.29. The molecule has 8 nitrogen and oxygen atoms in total. The van der Waals surface area contributed by atoms with Crippen LogP contribution >= 0.6 is 0 Å². The number of amides is 2. The lowest BCUT2D eigenvalue weighted by molar-refractivity contribution is -0.135. The summed E-state index contributed by atoms with van der Waals surface area (Å²) in [5.41, 5.74) is 1.56. The van der Waals surface area contributed by atoms with Gasteiger partial charge in [0, 0.05) is 36.9 Å². The van der Waals surface area contributed by atoms with Gasteiger partial charge in [0.1, 0.15) is 18.4 Å². The van der Waals surface area contributed by atoms with Gasteiger partial charge in [-0.25, -0.2) is 0 Å². The highest BCUT2D eigenvalue weighted by molar-refractivity contribution is 5.95. The summed E-state index contributed by atoms with van der Waals surface area (Å²) in [5.74, 6) is 1.22. The molecule has 2 aliphatic rings. The molecule has 182 valence electrons. The van der Waals surface area contributed by atoms with Gasteiger partial charge >= 0.3 is 0 Å². The zero-order valence-corrected chi connectivity index (χ0v) is 19.8. The summed E-state index contributed by atoms with van der Waals surface area (Å²) in [5, 5.41) is 7.73. The maximum absolute atomic E-state index is 13.6. The van der Waals surface area contributed by atoms with Crippen LogP contribution in [0.4, 0.5) is 0 Å². The average Bonchev–Trinajstić information content (AvgIpc) is 3.47. The van der Waals surface area contributed by atoms with Crippen LogP contribution in [0.3, 0.4) is 0 Å². The van der Waals surface area contributed by atoms with E-state index in [1.54, 1.807) is 17.2 Å². The molecule has 3 heterocycles. The van der Waals surface area contributed by atoms with Gasteiger partial charge in [-0.2, -0.15) is 0 Å². The number of ether oxygens (including phenoxy) is 1. The smallest absolute Gasteiger partial charge is 0.260 e. The molecule has 3 aromatic rings. The van der Waals surface area contributed by atoms with Crippen molar-refractivity contribution in [2.24, 2.45) is 5.92 Å². The van der Waals surface area contributed by atoms with Crippen LogP contribution in [0.15, 0.2) is 67.3 Å². The number of carbonyl (C=O) groups is 2. The fraction of sp³-hybridized carbons (Fsp3) is 0.407. The number of nitrogens with zero attached hydrogens (tertiary/aromatic N) is 5. The topological polar surface area (TPSA) is 80.6 Å². The number of aromatic nitrogens is 3. The van der Waals surface area contributed by atoms with Gasteiger partial charge < -0.3 is 14.5 Å². The molecule has 1 aromatic heterocycles. The van der Waals surface area contributed by atoms with Crippen LogP contribution in [0.2, 0.25) is 0 Å². The number of piperidine rings is 2. The van der Waals surface area contributed by atoms with E-state index in [-0.39, 0.29) is 24.5 Å². The predicted octanol–water partition coefficient (Wildman–Crippen LogP) is 3.58. The van der Waals surface area contributed by atoms with Gasteiger partial charge in [-0.1, -0.05) is 24.3 Å². The maximum Gasteiger partial charge on any atom is 0.260 e. The minimum atomic E-state index is 0.0229. The Bertz CT molecular complexity index is 1130. The van der Waals surface area contributed by atoms with Crippen LogP contribution in [-0.4, -0.2) is 68.7 Å². The van der Waals surface area contributed by atoms with Crippen LogP contribution in [0.1, 0.15) is 42.5 Å². The van der Waals surface area contributed by atoms with E-state index >= 15 is 0 Å². The van der Waals surface area contributed by atoms with Gasteiger partial charge in [0.2, 0.25) is 0 Å². The molecule has 2 amide bonds. The van der Waals surface area contributed by atoms with Crippen molar-refractivity contribution < 1.29 is 14.3 Å². The van der Waals surface area contributed by atoms with E-state index in [1.807, 2.05) is 59.5 Å². The monoisotopic (exact) mass is 473 g/mol. The number of hydrogen-bond acceptors (Lipinski definition) is 5. The summed E-state index contributed by atoms with van der Waals surface area (Å²) in [6.07, 6.45) is 8.27. The van der Waals surface area contributed by atoms with Crippen molar-refractivity contribution in [3.05, 3.63) is 72.8 Å². The standard InChI is InChI=1S/C27H31N5O3/c33-26(18-35-24-9-2-1-3-10-24)30-15-12-21(13-16-30)25-11-4-5-14-32(25)27(34)22-7-6-8-23(17-22)31-19-28-29-20-31/h1-3,6-10,17,19-21,25H,4-5,11-16,18H2/t25-/m1/s1. The first-order valence-corrected chi connectivity index (χ1v) is 12.4. The number of rotatable bonds is 6. The Kier molecular flexibility index (Phi) is 7.07. The Morgan fingerprint density at radius 1 is 0.886 bits per heavy atom. The summed E-state index contributed by atoms with van der Waals surface area (Å²) >= 11 is 0. The lowest BCUT2D eigenvalue weighted by Gasteiger charge is -2.43. The Labute approximate surface area is 205 Å². The van der Waals surface area contributed by atoms with E-state index in [1.165, 1.54) is 0 Å². The van der Waals surface area contributed by atoms with Crippen molar-refractivity contribution in [2.75, 3.05) is 26.2 Å². The second-order valence-electron chi connectivity index (χ2n) is 9.30. The minimum Gasteiger partial charge on any atom is -0.484 e. The van der Waals surface area contributed by atoms with Crippen LogP contribution in [0.25, 0.3) is 5.69 Å². The van der Waals surface area contributed by atoms with Crippen molar-refractivity contribution >= 4 is 11.8 Å². The van der Waals surface area contributed by atoms with Crippen LogP contribution in [-0.2, 0) is 4.79 Å². The van der Waals surface area contributed by atoms with Crippen molar-refractivity contribution in [3.8, 4) is 11.4 Å². The molecule has 2 aromatic carbocycles. The van der Waals surface area contributed by atoms with Crippen molar-refractivity contribution in [1.29, 1.82) is 0 Å². The summed E-state index contributed by atoms with van der Waals surface area (Å²) in [6.45, 7) is 2.27.